The molecule has 0 saturated carbocycles. The van der Waals surface area contributed by atoms with Gasteiger partial charge in [0.1, 0.15) is 6.61 Å². The lowest BCUT2D eigenvalue weighted by Gasteiger charge is -1.94. The molecule has 1 heterocycles. The summed E-state index contributed by atoms with van der Waals surface area (Å²) in [6.45, 7) is -0.498. The Labute approximate surface area is 67.6 Å². The van der Waals surface area contributed by atoms with E-state index in [0.717, 1.165) is 0 Å². The van der Waals surface area contributed by atoms with E-state index in [1.54, 1.807) is 0 Å². The zero-order valence-electron chi connectivity index (χ0n) is 6.02. The molecular formula is C7H6O5. The fourth-order valence-electron chi connectivity index (χ4n) is 0.717. The van der Waals surface area contributed by atoms with Crippen molar-refractivity contribution < 1.29 is 23.8 Å². The van der Waals surface area contributed by atoms with Crippen LogP contribution < -0.4 is 4.74 Å². The summed E-state index contributed by atoms with van der Waals surface area (Å²) in [6.07, 6.45) is 1.20. The molecule has 0 atom stereocenters. The van der Waals surface area contributed by atoms with E-state index in [0.29, 0.717) is 0 Å². The number of Topliss-reactive ketones (excluding diaryl/α,β-unsaturated/α-hetero) is 1. The van der Waals surface area contributed by atoms with Gasteiger partial charge >= 0.3 is 0 Å². The van der Waals surface area contributed by atoms with Crippen LogP contribution in [0.15, 0.2) is 16.7 Å². The van der Waals surface area contributed by atoms with E-state index in [2.05, 4.69) is 9.15 Å². The highest BCUT2D eigenvalue weighted by molar-refractivity contribution is 5.97. The quantitative estimate of drug-likeness (QED) is 0.508. The maximum absolute atomic E-state index is 10.8. The van der Waals surface area contributed by atoms with Gasteiger partial charge in [0, 0.05) is 6.07 Å². The standard InChI is InChI=1S/C7H6O5/c8-3-5(10)7-6(12-4-9)1-2-11-7/h1-2,4,8H,3H2. The summed E-state index contributed by atoms with van der Waals surface area (Å²) in [6, 6.07) is 1.32. The van der Waals surface area contributed by atoms with E-state index in [4.69, 9.17) is 5.11 Å². The maximum atomic E-state index is 10.8. The van der Waals surface area contributed by atoms with Gasteiger partial charge in [-0.15, -0.1) is 0 Å². The smallest absolute Gasteiger partial charge is 0.298 e. The normalized spacial score (nSPS) is 9.42. The maximum Gasteiger partial charge on any atom is 0.298 e. The van der Waals surface area contributed by atoms with Crippen molar-refractivity contribution in [3.05, 3.63) is 18.1 Å². The van der Waals surface area contributed by atoms with Gasteiger partial charge in [0.25, 0.3) is 6.47 Å². The lowest BCUT2D eigenvalue weighted by molar-refractivity contribution is -0.120. The molecule has 5 nitrogen and oxygen atoms in total. The van der Waals surface area contributed by atoms with Crippen LogP contribution in [0.25, 0.3) is 0 Å². The van der Waals surface area contributed by atoms with Crippen molar-refractivity contribution >= 4 is 12.3 Å². The molecule has 0 unspecified atom stereocenters. The van der Waals surface area contributed by atoms with Crippen LogP contribution >= 0.6 is 0 Å². The summed E-state index contributed by atoms with van der Waals surface area (Å²) in [7, 11) is 0. The third kappa shape index (κ3) is 1.51. The Morgan fingerprint density at radius 2 is 2.50 bits per heavy atom. The van der Waals surface area contributed by atoms with Crippen molar-refractivity contribution in [3.63, 3.8) is 0 Å². The van der Waals surface area contributed by atoms with Crippen molar-refractivity contribution in [2.45, 2.75) is 0 Å². The van der Waals surface area contributed by atoms with Gasteiger partial charge in [0.15, 0.2) is 5.75 Å². The second-order valence-electron chi connectivity index (χ2n) is 1.91. The number of aliphatic hydroxyl groups is 1. The molecule has 0 aliphatic carbocycles. The monoisotopic (exact) mass is 170 g/mol. The number of ether oxygens (including phenoxy) is 1. The third-order valence-corrected chi connectivity index (χ3v) is 1.20. The molecule has 0 aromatic carbocycles. The van der Waals surface area contributed by atoms with Crippen LogP contribution in [0.5, 0.6) is 5.75 Å². The number of rotatable bonds is 4. The van der Waals surface area contributed by atoms with Crippen LogP contribution in [0.2, 0.25) is 0 Å². The average molecular weight is 170 g/mol. The molecule has 1 rings (SSSR count). The predicted octanol–water partition coefficient (Wildman–Crippen LogP) is -0.0102. The lowest BCUT2D eigenvalue weighted by Crippen LogP contribution is -2.04. The van der Waals surface area contributed by atoms with Crippen molar-refractivity contribution in [1.82, 2.24) is 0 Å². The van der Waals surface area contributed by atoms with Crippen molar-refractivity contribution in [2.24, 2.45) is 0 Å². The summed E-state index contributed by atoms with van der Waals surface area (Å²) in [5.41, 5.74) is 0. The van der Waals surface area contributed by atoms with Crippen LogP contribution in [0.4, 0.5) is 0 Å². The zero-order chi connectivity index (χ0) is 8.97. The Morgan fingerprint density at radius 3 is 3.08 bits per heavy atom. The average Bonchev–Trinajstić information content (AvgIpc) is 2.52. The Hall–Kier alpha value is -1.62. The summed E-state index contributed by atoms with van der Waals surface area (Å²) in [5, 5.41) is 8.45. The number of carbonyl (C=O) groups excluding carboxylic acids is 2. The second kappa shape index (κ2) is 3.68. The minimum Gasteiger partial charge on any atom is -0.457 e. The summed E-state index contributed by atoms with van der Waals surface area (Å²) in [5.74, 6) is -0.759. The van der Waals surface area contributed by atoms with Crippen molar-refractivity contribution in [3.8, 4) is 5.75 Å². The van der Waals surface area contributed by atoms with E-state index in [1.807, 2.05) is 0 Å². The van der Waals surface area contributed by atoms with E-state index >= 15 is 0 Å². The Morgan fingerprint density at radius 1 is 1.75 bits per heavy atom. The number of hydrogen-bond acceptors (Lipinski definition) is 5. The first-order valence-electron chi connectivity index (χ1n) is 3.11. The minimum absolute atomic E-state index is 0.0176. The number of ketones is 1. The van der Waals surface area contributed by atoms with Gasteiger partial charge in [0.05, 0.1) is 6.26 Å². The number of carbonyl (C=O) groups is 2. The Balaban J connectivity index is 2.90. The van der Waals surface area contributed by atoms with E-state index < -0.39 is 12.4 Å². The molecule has 1 aromatic heterocycles. The van der Waals surface area contributed by atoms with E-state index in [1.165, 1.54) is 12.3 Å². The van der Waals surface area contributed by atoms with Gasteiger partial charge in [-0.25, -0.2) is 0 Å². The number of hydrogen-bond donors (Lipinski definition) is 1. The summed E-state index contributed by atoms with van der Waals surface area (Å²) in [4.78, 5) is 20.7. The first kappa shape index (κ1) is 8.48. The molecule has 0 bridgehead atoms. The summed E-state index contributed by atoms with van der Waals surface area (Å²) < 4.78 is 9.07. The van der Waals surface area contributed by atoms with E-state index in [-0.39, 0.29) is 18.0 Å². The molecule has 0 spiro atoms. The molecule has 1 aromatic rings. The molecule has 12 heavy (non-hydrogen) atoms. The molecule has 0 aliphatic heterocycles. The van der Waals surface area contributed by atoms with Crippen LogP contribution in [0.3, 0.4) is 0 Å². The molecule has 0 aliphatic rings. The molecule has 64 valence electrons. The number of aliphatic hydroxyl groups excluding tert-OH is 1. The van der Waals surface area contributed by atoms with Crippen LogP contribution in [0.1, 0.15) is 10.6 Å². The molecule has 0 saturated heterocycles. The Bertz CT molecular complexity index is 288. The van der Waals surface area contributed by atoms with Crippen LogP contribution in [-0.4, -0.2) is 24.0 Å². The van der Waals surface area contributed by atoms with Gasteiger partial charge in [-0.05, 0) is 0 Å². The minimum atomic E-state index is -0.678. The van der Waals surface area contributed by atoms with Gasteiger partial charge < -0.3 is 14.3 Å². The fraction of sp³-hybridized carbons (Fsp3) is 0.143. The predicted molar refractivity (Wildman–Crippen MR) is 36.8 cm³/mol. The molecule has 0 amide bonds. The highest BCUT2D eigenvalue weighted by Gasteiger charge is 2.15. The SMILES string of the molecule is O=COc1ccoc1C(=O)CO. The Kier molecular flexibility index (Phi) is 2.60. The summed E-state index contributed by atoms with van der Waals surface area (Å²) >= 11 is 0. The highest BCUT2D eigenvalue weighted by Crippen LogP contribution is 2.19. The molecule has 0 radical (unpaired) electrons. The fourth-order valence-corrected chi connectivity index (χ4v) is 0.717. The molecular weight excluding hydrogens is 164 g/mol. The zero-order valence-corrected chi connectivity index (χ0v) is 6.02. The topological polar surface area (TPSA) is 76.7 Å². The highest BCUT2D eigenvalue weighted by atomic mass is 16.5. The molecule has 1 N–H and O–H groups in total. The van der Waals surface area contributed by atoms with Crippen molar-refractivity contribution in [2.75, 3.05) is 6.61 Å². The van der Waals surface area contributed by atoms with Crippen molar-refractivity contribution in [1.29, 1.82) is 0 Å². The van der Waals surface area contributed by atoms with Crippen LogP contribution in [0, 0.1) is 0 Å². The molecule has 0 fully saturated rings. The first-order chi connectivity index (χ1) is 5.79. The number of furan rings is 1. The van der Waals surface area contributed by atoms with E-state index in [9.17, 15) is 9.59 Å². The third-order valence-electron chi connectivity index (χ3n) is 1.20. The first-order valence-corrected chi connectivity index (χ1v) is 3.11. The molecule has 5 heteroatoms. The lowest BCUT2D eigenvalue weighted by atomic mass is 10.3. The van der Waals surface area contributed by atoms with Gasteiger partial charge in [0.2, 0.25) is 11.5 Å². The van der Waals surface area contributed by atoms with Gasteiger partial charge in [-0.1, -0.05) is 0 Å². The second-order valence-corrected chi connectivity index (χ2v) is 1.91. The van der Waals surface area contributed by atoms with Crippen LogP contribution in [-0.2, 0) is 4.79 Å². The largest absolute Gasteiger partial charge is 0.457 e. The van der Waals surface area contributed by atoms with Gasteiger partial charge in [-0.2, -0.15) is 0 Å². The van der Waals surface area contributed by atoms with Gasteiger partial charge in [-0.3, -0.25) is 9.59 Å².